The molecule has 0 bridgehead atoms. The summed E-state index contributed by atoms with van der Waals surface area (Å²) in [4.78, 5) is 9.92. The minimum absolute atomic E-state index is 0.622. The smallest absolute Gasteiger partial charge is 0.190 e. The molecule has 0 N–H and O–H groups in total. The molecule has 0 fully saturated rings. The summed E-state index contributed by atoms with van der Waals surface area (Å²) >= 11 is 1.64. The monoisotopic (exact) mass is 363 g/mol. The maximum Gasteiger partial charge on any atom is 0.190 e. The Balaban J connectivity index is 1.82. The molecule has 4 rings (SSSR count). The standard InChI is InChI=1S/C21H21N3OS/c1-15(2)9-11-24-18(20-12-16-6-3-4-8-19(16)25-20)14-26-21(24)23-17-7-5-10-22-13-17/h3-8,10,12-15H,9,11H2,1-2H3. The fourth-order valence-electron chi connectivity index (χ4n) is 2.86. The number of furan rings is 1. The molecule has 0 unspecified atom stereocenters. The Bertz CT molecular complexity index is 1040. The van der Waals surface area contributed by atoms with Gasteiger partial charge in [-0.05, 0) is 36.6 Å². The van der Waals surface area contributed by atoms with Crippen LogP contribution in [0.15, 0.2) is 69.6 Å². The Labute approximate surface area is 156 Å². The number of hydrogen-bond donors (Lipinski definition) is 0. The maximum absolute atomic E-state index is 6.10. The lowest BCUT2D eigenvalue weighted by Crippen LogP contribution is -2.17. The molecule has 3 heterocycles. The lowest BCUT2D eigenvalue weighted by molar-refractivity contribution is 0.508. The van der Waals surface area contributed by atoms with Crippen molar-refractivity contribution in [3.05, 3.63) is 65.0 Å². The highest BCUT2D eigenvalue weighted by Gasteiger charge is 2.13. The normalized spacial score (nSPS) is 12.3. The van der Waals surface area contributed by atoms with E-state index in [9.17, 15) is 0 Å². The van der Waals surface area contributed by atoms with Crippen LogP contribution in [0, 0.1) is 5.92 Å². The highest BCUT2D eigenvalue weighted by atomic mass is 32.1. The number of pyridine rings is 1. The van der Waals surface area contributed by atoms with Crippen molar-refractivity contribution in [1.29, 1.82) is 0 Å². The van der Waals surface area contributed by atoms with Gasteiger partial charge in [-0.15, -0.1) is 11.3 Å². The van der Waals surface area contributed by atoms with Crippen LogP contribution in [0.2, 0.25) is 0 Å². The predicted molar refractivity (Wildman–Crippen MR) is 106 cm³/mol. The van der Waals surface area contributed by atoms with Crippen molar-refractivity contribution in [3.63, 3.8) is 0 Å². The highest BCUT2D eigenvalue weighted by molar-refractivity contribution is 7.07. The van der Waals surface area contributed by atoms with Crippen LogP contribution < -0.4 is 4.80 Å². The summed E-state index contributed by atoms with van der Waals surface area (Å²) in [5, 5.41) is 3.25. The summed E-state index contributed by atoms with van der Waals surface area (Å²) in [6.45, 7) is 5.39. The number of benzene rings is 1. The molecule has 4 aromatic rings. The first-order valence-corrected chi connectivity index (χ1v) is 9.71. The van der Waals surface area contributed by atoms with E-state index in [1.807, 2.05) is 30.3 Å². The first-order chi connectivity index (χ1) is 12.7. The van der Waals surface area contributed by atoms with E-state index in [0.717, 1.165) is 45.9 Å². The molecule has 1 aromatic carbocycles. The van der Waals surface area contributed by atoms with Crippen LogP contribution in [-0.4, -0.2) is 9.55 Å². The number of rotatable bonds is 5. The van der Waals surface area contributed by atoms with E-state index < -0.39 is 0 Å². The molecule has 4 nitrogen and oxygen atoms in total. The van der Waals surface area contributed by atoms with Gasteiger partial charge in [0.25, 0.3) is 0 Å². The second-order valence-electron chi connectivity index (χ2n) is 6.71. The zero-order valence-corrected chi connectivity index (χ0v) is 15.7. The molecule has 0 aliphatic heterocycles. The number of fused-ring (bicyclic) bond motifs is 1. The van der Waals surface area contributed by atoms with E-state index in [0.29, 0.717) is 5.92 Å². The molecule has 0 aliphatic carbocycles. The minimum atomic E-state index is 0.622. The van der Waals surface area contributed by atoms with Crippen LogP contribution in [0.1, 0.15) is 20.3 Å². The van der Waals surface area contributed by atoms with Crippen LogP contribution in [0.5, 0.6) is 0 Å². The van der Waals surface area contributed by atoms with Gasteiger partial charge in [-0.3, -0.25) is 4.98 Å². The van der Waals surface area contributed by atoms with Gasteiger partial charge in [0.15, 0.2) is 10.6 Å². The van der Waals surface area contributed by atoms with Crippen LogP contribution in [0.3, 0.4) is 0 Å². The molecule has 0 spiro atoms. The average Bonchev–Trinajstić information content (AvgIpc) is 3.24. The Morgan fingerprint density at radius 1 is 1.19 bits per heavy atom. The first kappa shape index (κ1) is 16.8. The Hall–Kier alpha value is -2.66. The number of nitrogens with zero attached hydrogens (tertiary/aromatic N) is 3. The van der Waals surface area contributed by atoms with Crippen molar-refractivity contribution in [2.24, 2.45) is 10.9 Å². The minimum Gasteiger partial charge on any atom is -0.454 e. The number of para-hydroxylation sites is 1. The molecule has 0 saturated heterocycles. The highest BCUT2D eigenvalue weighted by Crippen LogP contribution is 2.28. The third-order valence-electron chi connectivity index (χ3n) is 4.28. The quantitative estimate of drug-likeness (QED) is 0.461. The third kappa shape index (κ3) is 3.48. The molecule has 5 heteroatoms. The van der Waals surface area contributed by atoms with Crippen LogP contribution in [0.4, 0.5) is 5.69 Å². The fourth-order valence-corrected chi connectivity index (χ4v) is 3.79. The number of hydrogen-bond acceptors (Lipinski definition) is 4. The van der Waals surface area contributed by atoms with Gasteiger partial charge in [0.05, 0.1) is 17.6 Å². The molecular weight excluding hydrogens is 342 g/mol. The van der Waals surface area contributed by atoms with E-state index in [-0.39, 0.29) is 0 Å². The van der Waals surface area contributed by atoms with Gasteiger partial charge < -0.3 is 8.98 Å². The van der Waals surface area contributed by atoms with Crippen LogP contribution in [-0.2, 0) is 6.54 Å². The lowest BCUT2D eigenvalue weighted by atomic mass is 10.1. The number of aromatic nitrogens is 2. The lowest BCUT2D eigenvalue weighted by Gasteiger charge is -2.09. The molecular formula is C21H21N3OS. The average molecular weight is 363 g/mol. The van der Waals surface area contributed by atoms with E-state index >= 15 is 0 Å². The molecule has 132 valence electrons. The molecule has 0 aliphatic rings. The summed E-state index contributed by atoms with van der Waals surface area (Å²) in [6, 6.07) is 14.1. The van der Waals surface area contributed by atoms with Gasteiger partial charge in [-0.1, -0.05) is 32.0 Å². The number of thiazole rings is 1. The maximum atomic E-state index is 6.10. The Morgan fingerprint density at radius 3 is 2.85 bits per heavy atom. The SMILES string of the molecule is CC(C)CCn1c(-c2cc3ccccc3o2)csc1=Nc1cccnc1. The van der Waals surface area contributed by atoms with Gasteiger partial charge in [-0.2, -0.15) is 0 Å². The zero-order valence-electron chi connectivity index (χ0n) is 14.9. The zero-order chi connectivity index (χ0) is 17.9. The van der Waals surface area contributed by atoms with Crippen molar-refractivity contribution < 1.29 is 4.42 Å². The van der Waals surface area contributed by atoms with E-state index in [1.54, 1.807) is 23.7 Å². The van der Waals surface area contributed by atoms with Crippen molar-refractivity contribution >= 4 is 28.0 Å². The summed E-state index contributed by atoms with van der Waals surface area (Å²) in [7, 11) is 0. The first-order valence-electron chi connectivity index (χ1n) is 8.83. The van der Waals surface area contributed by atoms with Crippen LogP contribution >= 0.6 is 11.3 Å². The van der Waals surface area contributed by atoms with E-state index in [2.05, 4.69) is 40.9 Å². The van der Waals surface area contributed by atoms with Crippen molar-refractivity contribution in [1.82, 2.24) is 9.55 Å². The van der Waals surface area contributed by atoms with Gasteiger partial charge in [0, 0.05) is 23.5 Å². The molecule has 0 radical (unpaired) electrons. The fraction of sp³-hybridized carbons (Fsp3) is 0.238. The van der Waals surface area contributed by atoms with Crippen molar-refractivity contribution in [2.45, 2.75) is 26.8 Å². The second kappa shape index (κ2) is 7.30. The van der Waals surface area contributed by atoms with Gasteiger partial charge in [0.2, 0.25) is 0 Å². The molecule has 0 saturated carbocycles. The Kier molecular flexibility index (Phi) is 4.71. The Morgan fingerprint density at radius 2 is 2.08 bits per heavy atom. The predicted octanol–water partition coefficient (Wildman–Crippen LogP) is 5.64. The molecule has 26 heavy (non-hydrogen) atoms. The van der Waals surface area contributed by atoms with Crippen molar-refractivity contribution in [3.8, 4) is 11.5 Å². The molecule has 0 amide bonds. The van der Waals surface area contributed by atoms with Gasteiger partial charge >= 0.3 is 0 Å². The van der Waals surface area contributed by atoms with Crippen LogP contribution in [0.25, 0.3) is 22.4 Å². The molecule has 0 atom stereocenters. The van der Waals surface area contributed by atoms with E-state index in [4.69, 9.17) is 9.41 Å². The van der Waals surface area contributed by atoms with Crippen molar-refractivity contribution in [2.75, 3.05) is 0 Å². The second-order valence-corrected chi connectivity index (χ2v) is 7.55. The summed E-state index contributed by atoms with van der Waals surface area (Å²) in [6.07, 6.45) is 4.64. The summed E-state index contributed by atoms with van der Waals surface area (Å²) in [5.41, 5.74) is 2.85. The van der Waals surface area contributed by atoms with Gasteiger partial charge in [-0.25, -0.2) is 4.99 Å². The summed E-state index contributed by atoms with van der Waals surface area (Å²) < 4.78 is 8.36. The largest absolute Gasteiger partial charge is 0.454 e. The molecule has 3 aromatic heterocycles. The summed E-state index contributed by atoms with van der Waals surface area (Å²) in [5.74, 6) is 1.51. The third-order valence-corrected chi connectivity index (χ3v) is 5.14. The van der Waals surface area contributed by atoms with E-state index in [1.165, 1.54) is 0 Å². The topological polar surface area (TPSA) is 43.3 Å². The van der Waals surface area contributed by atoms with Gasteiger partial charge in [0.1, 0.15) is 5.58 Å².